The Labute approximate surface area is 179 Å². The van der Waals surface area contributed by atoms with Crippen LogP contribution in [-0.4, -0.2) is 46.8 Å². The van der Waals surface area contributed by atoms with Crippen LogP contribution in [0.2, 0.25) is 0 Å². The molecule has 2 N–H and O–H groups in total. The fourth-order valence-corrected chi connectivity index (χ4v) is 3.65. The van der Waals surface area contributed by atoms with Gasteiger partial charge in [0.05, 0.1) is 29.7 Å². The summed E-state index contributed by atoms with van der Waals surface area (Å²) in [5.41, 5.74) is 3.39. The number of hydrogen-bond donors (Lipinski definition) is 2. The molecule has 0 amide bonds. The average Bonchev–Trinajstić information content (AvgIpc) is 2.74. The van der Waals surface area contributed by atoms with Crippen LogP contribution in [0, 0.1) is 12.7 Å². The Kier molecular flexibility index (Phi) is 5.81. The Hall–Kier alpha value is -3.52. The molecule has 3 aromatic rings. The van der Waals surface area contributed by atoms with E-state index in [4.69, 9.17) is 4.74 Å². The molecule has 8 heteroatoms. The van der Waals surface area contributed by atoms with Gasteiger partial charge in [0.25, 0.3) is 0 Å². The van der Waals surface area contributed by atoms with Crippen LogP contribution >= 0.6 is 0 Å². The molecule has 4 rings (SSSR count). The lowest BCUT2D eigenvalue weighted by atomic mass is 10.0. The topological polar surface area (TPSA) is 87.6 Å². The van der Waals surface area contributed by atoms with Crippen molar-refractivity contribution in [3.8, 4) is 11.3 Å². The number of nitrogens with one attached hydrogen (secondary N) is 1. The van der Waals surface area contributed by atoms with Crippen LogP contribution in [0.25, 0.3) is 11.3 Å². The molecule has 1 atom stereocenters. The normalized spacial score (nSPS) is 16.2. The molecule has 2 heterocycles. The van der Waals surface area contributed by atoms with E-state index in [1.165, 1.54) is 6.07 Å². The van der Waals surface area contributed by atoms with Crippen molar-refractivity contribution in [1.82, 2.24) is 9.97 Å². The first-order valence-corrected chi connectivity index (χ1v) is 10.0. The Morgan fingerprint density at radius 1 is 1.26 bits per heavy atom. The van der Waals surface area contributed by atoms with Crippen LogP contribution in [0.3, 0.4) is 0 Å². The van der Waals surface area contributed by atoms with Gasteiger partial charge in [0.1, 0.15) is 5.82 Å². The Balaban J connectivity index is 1.53. The van der Waals surface area contributed by atoms with E-state index in [0.29, 0.717) is 48.3 Å². The summed E-state index contributed by atoms with van der Waals surface area (Å²) in [4.78, 5) is 21.9. The van der Waals surface area contributed by atoms with E-state index >= 15 is 0 Å². The first-order chi connectivity index (χ1) is 14.9. The first kappa shape index (κ1) is 20.7. The number of anilines is 3. The van der Waals surface area contributed by atoms with Crippen LogP contribution in [0.15, 0.2) is 48.7 Å². The van der Waals surface area contributed by atoms with Gasteiger partial charge < -0.3 is 20.1 Å². The quantitative estimate of drug-likeness (QED) is 0.635. The fraction of sp³-hybridized carbons (Fsp3) is 0.261. The number of carboxylic acid groups (broad SMARTS) is 1. The molecule has 0 bridgehead atoms. The molecule has 0 saturated carbocycles. The first-order valence-electron chi connectivity index (χ1n) is 10.0. The number of aromatic nitrogens is 2. The molecule has 0 aliphatic carbocycles. The van der Waals surface area contributed by atoms with E-state index < -0.39 is 5.97 Å². The van der Waals surface area contributed by atoms with Crippen LogP contribution in [-0.2, 0) is 4.74 Å². The fourth-order valence-electron chi connectivity index (χ4n) is 3.65. The third-order valence-corrected chi connectivity index (χ3v) is 5.19. The number of aryl methyl sites for hydroxylation is 1. The summed E-state index contributed by atoms with van der Waals surface area (Å²) in [6.45, 7) is 5.59. The van der Waals surface area contributed by atoms with E-state index in [2.05, 4.69) is 15.3 Å². The number of benzene rings is 2. The van der Waals surface area contributed by atoms with Crippen LogP contribution in [0.5, 0.6) is 0 Å². The standard InChI is InChI=1S/C23H23FN4O3/c1-14-11-16(3-5-18(14)22(29)30)20-7-8-25-23(27-20)26-17-4-6-21(19(24)12-17)28-9-10-31-15(2)13-28/h3-8,11-12,15H,9-10,13H2,1-2H3,(H,29,30)(H,25,26,27). The van der Waals surface area contributed by atoms with Crippen molar-refractivity contribution in [2.75, 3.05) is 29.9 Å². The molecule has 160 valence electrons. The predicted molar refractivity (Wildman–Crippen MR) is 116 cm³/mol. The lowest BCUT2D eigenvalue weighted by molar-refractivity contribution is 0.0530. The number of aromatic carboxylic acids is 1. The predicted octanol–water partition coefficient (Wildman–Crippen LogP) is 4.26. The summed E-state index contributed by atoms with van der Waals surface area (Å²) in [5.74, 6) is -0.967. The van der Waals surface area contributed by atoms with Gasteiger partial charge in [0.2, 0.25) is 5.95 Å². The number of hydrogen-bond acceptors (Lipinski definition) is 6. The van der Waals surface area contributed by atoms with Crippen molar-refractivity contribution < 1.29 is 19.0 Å². The summed E-state index contributed by atoms with van der Waals surface area (Å²) in [6, 6.07) is 11.7. The van der Waals surface area contributed by atoms with Gasteiger partial charge in [-0.25, -0.2) is 19.2 Å². The highest BCUT2D eigenvalue weighted by molar-refractivity contribution is 5.90. The van der Waals surface area contributed by atoms with E-state index in [1.54, 1.807) is 49.5 Å². The minimum Gasteiger partial charge on any atom is -0.478 e. The minimum absolute atomic E-state index is 0.0651. The molecule has 1 aliphatic heterocycles. The van der Waals surface area contributed by atoms with Gasteiger partial charge >= 0.3 is 5.97 Å². The van der Waals surface area contributed by atoms with E-state index in [0.717, 1.165) is 5.56 Å². The second-order valence-corrected chi connectivity index (χ2v) is 7.52. The molecule has 7 nitrogen and oxygen atoms in total. The Morgan fingerprint density at radius 2 is 2.10 bits per heavy atom. The maximum Gasteiger partial charge on any atom is 0.335 e. The maximum atomic E-state index is 14.7. The second kappa shape index (κ2) is 8.69. The van der Waals surface area contributed by atoms with E-state index in [1.807, 2.05) is 11.8 Å². The van der Waals surface area contributed by atoms with Crippen LogP contribution in [0.4, 0.5) is 21.7 Å². The summed E-state index contributed by atoms with van der Waals surface area (Å²) in [7, 11) is 0. The Morgan fingerprint density at radius 3 is 2.81 bits per heavy atom. The number of carboxylic acids is 1. The number of ether oxygens (including phenoxy) is 1. The molecule has 1 aromatic heterocycles. The molecule has 2 aromatic carbocycles. The number of morpholine rings is 1. The molecule has 1 fully saturated rings. The van der Waals surface area contributed by atoms with E-state index in [-0.39, 0.29) is 17.5 Å². The van der Waals surface area contributed by atoms with Crippen molar-refractivity contribution in [3.05, 3.63) is 65.6 Å². The van der Waals surface area contributed by atoms with Crippen LogP contribution in [0.1, 0.15) is 22.8 Å². The van der Waals surface area contributed by atoms with Gasteiger partial charge in [-0.1, -0.05) is 6.07 Å². The zero-order chi connectivity index (χ0) is 22.0. The highest BCUT2D eigenvalue weighted by Crippen LogP contribution is 2.27. The van der Waals surface area contributed by atoms with Gasteiger partial charge in [-0.2, -0.15) is 0 Å². The lowest BCUT2D eigenvalue weighted by Gasteiger charge is -2.33. The van der Waals surface area contributed by atoms with Crippen molar-refractivity contribution in [2.45, 2.75) is 20.0 Å². The van der Waals surface area contributed by atoms with Gasteiger partial charge in [0.15, 0.2) is 0 Å². The van der Waals surface area contributed by atoms with Crippen molar-refractivity contribution in [3.63, 3.8) is 0 Å². The minimum atomic E-state index is -0.967. The monoisotopic (exact) mass is 422 g/mol. The van der Waals surface area contributed by atoms with Gasteiger partial charge in [0, 0.05) is 30.5 Å². The van der Waals surface area contributed by atoms with Crippen molar-refractivity contribution in [1.29, 1.82) is 0 Å². The molecular formula is C23H23FN4O3. The largest absolute Gasteiger partial charge is 0.478 e. The smallest absolute Gasteiger partial charge is 0.335 e. The van der Waals surface area contributed by atoms with E-state index in [9.17, 15) is 14.3 Å². The zero-order valence-corrected chi connectivity index (χ0v) is 17.3. The van der Waals surface area contributed by atoms with Gasteiger partial charge in [-0.05, 0) is 55.8 Å². The van der Waals surface area contributed by atoms with Gasteiger partial charge in [-0.3, -0.25) is 0 Å². The van der Waals surface area contributed by atoms with Crippen molar-refractivity contribution in [2.24, 2.45) is 0 Å². The summed E-state index contributed by atoms with van der Waals surface area (Å²) in [5, 5.41) is 12.2. The highest BCUT2D eigenvalue weighted by Gasteiger charge is 2.20. The third kappa shape index (κ3) is 4.64. The van der Waals surface area contributed by atoms with Crippen LogP contribution < -0.4 is 10.2 Å². The molecule has 0 radical (unpaired) electrons. The molecule has 1 saturated heterocycles. The lowest BCUT2D eigenvalue weighted by Crippen LogP contribution is -2.41. The zero-order valence-electron chi connectivity index (χ0n) is 17.3. The molecule has 0 spiro atoms. The molecular weight excluding hydrogens is 399 g/mol. The SMILES string of the molecule is Cc1cc(-c2ccnc(Nc3ccc(N4CCOC(C)C4)c(F)c3)n2)ccc1C(=O)O. The number of carbonyl (C=O) groups is 1. The average molecular weight is 422 g/mol. The summed E-state index contributed by atoms with van der Waals surface area (Å²) < 4.78 is 20.3. The maximum absolute atomic E-state index is 14.7. The Bertz CT molecular complexity index is 1120. The second-order valence-electron chi connectivity index (χ2n) is 7.52. The number of rotatable bonds is 5. The third-order valence-electron chi connectivity index (χ3n) is 5.19. The summed E-state index contributed by atoms with van der Waals surface area (Å²) in [6.07, 6.45) is 1.67. The molecule has 31 heavy (non-hydrogen) atoms. The molecule has 1 unspecified atom stereocenters. The summed E-state index contributed by atoms with van der Waals surface area (Å²) >= 11 is 0. The van der Waals surface area contributed by atoms with Gasteiger partial charge in [-0.15, -0.1) is 0 Å². The van der Waals surface area contributed by atoms with Crippen molar-refractivity contribution >= 4 is 23.3 Å². The number of nitrogens with zero attached hydrogens (tertiary/aromatic N) is 3. The number of halogens is 1. The highest BCUT2D eigenvalue weighted by atomic mass is 19.1. The molecule has 1 aliphatic rings.